The van der Waals surface area contributed by atoms with E-state index in [1.54, 1.807) is 12.1 Å². The molecule has 0 atom stereocenters. The van der Waals surface area contributed by atoms with Crippen LogP contribution in [-0.4, -0.2) is 8.42 Å². The van der Waals surface area contributed by atoms with Crippen LogP contribution in [0.2, 0.25) is 0 Å². The van der Waals surface area contributed by atoms with E-state index in [4.69, 9.17) is 0 Å². The first kappa shape index (κ1) is 25.3. The molecule has 2 heterocycles. The van der Waals surface area contributed by atoms with E-state index in [-0.39, 0.29) is 0 Å². The lowest BCUT2D eigenvalue weighted by atomic mass is 9.82. The lowest BCUT2D eigenvalue weighted by molar-refractivity contribution is 0.597. The van der Waals surface area contributed by atoms with Gasteiger partial charge >= 0.3 is 0 Å². The van der Waals surface area contributed by atoms with Gasteiger partial charge in [-0.1, -0.05) is 94.1 Å². The van der Waals surface area contributed by atoms with Gasteiger partial charge in [-0.15, -0.1) is 11.3 Å². The Morgan fingerprint density at radius 3 is 1.84 bits per heavy atom. The fraction of sp³-hybridized carbons (Fsp3) is 0.294. The van der Waals surface area contributed by atoms with E-state index < -0.39 is 9.84 Å². The van der Waals surface area contributed by atoms with Crippen molar-refractivity contribution in [3.63, 3.8) is 0 Å². The van der Waals surface area contributed by atoms with Gasteiger partial charge in [-0.2, -0.15) is 0 Å². The van der Waals surface area contributed by atoms with Gasteiger partial charge in [-0.25, -0.2) is 8.42 Å². The molecule has 0 bridgehead atoms. The van der Waals surface area contributed by atoms with E-state index in [9.17, 15) is 8.42 Å². The smallest absolute Gasteiger partial charge is 0.207 e. The summed E-state index contributed by atoms with van der Waals surface area (Å²) >= 11 is 1.89. The van der Waals surface area contributed by atoms with Crippen LogP contribution in [0.15, 0.2) is 82.6 Å². The highest BCUT2D eigenvalue weighted by Gasteiger charge is 2.34. The molecule has 5 aromatic rings. The van der Waals surface area contributed by atoms with Crippen molar-refractivity contribution in [2.75, 3.05) is 0 Å². The summed E-state index contributed by atoms with van der Waals surface area (Å²) < 4.78 is 31.0. The lowest BCUT2D eigenvalue weighted by Crippen LogP contribution is -2.04. The summed E-state index contributed by atoms with van der Waals surface area (Å²) in [6, 6.07) is 24.0. The normalized spacial score (nSPS) is 13.7. The number of hydrogen-bond donors (Lipinski definition) is 0. The molecular weight excluding hydrogens is 505 g/mol. The van der Waals surface area contributed by atoms with Crippen molar-refractivity contribution < 1.29 is 8.42 Å². The van der Waals surface area contributed by atoms with Gasteiger partial charge in [0.2, 0.25) is 9.84 Å². The number of unbranched alkanes of at least 4 members (excludes halogenated alkanes) is 4. The number of rotatable bonds is 8. The zero-order valence-corrected chi connectivity index (χ0v) is 23.9. The molecule has 4 heteroatoms. The van der Waals surface area contributed by atoms with Crippen molar-refractivity contribution >= 4 is 41.3 Å². The van der Waals surface area contributed by atoms with Crippen LogP contribution < -0.4 is 0 Å². The van der Waals surface area contributed by atoms with Gasteiger partial charge < -0.3 is 0 Å². The topological polar surface area (TPSA) is 34.1 Å². The monoisotopic (exact) mass is 538 g/mol. The highest BCUT2D eigenvalue weighted by atomic mass is 32.2. The number of hydrogen-bond acceptors (Lipinski definition) is 3. The Morgan fingerprint density at radius 1 is 0.632 bits per heavy atom. The number of fused-ring (bicyclic) bond motifs is 9. The Kier molecular flexibility index (Phi) is 6.88. The SMILES string of the molecule is CCCCCc1c2c(c3c(sc4ccccc43)c1CCCCC)-c1ccccc1S(=O)(=O)c1ccccc1-2. The van der Waals surface area contributed by atoms with Gasteiger partial charge in [0, 0.05) is 36.9 Å². The molecule has 0 radical (unpaired) electrons. The zero-order chi connectivity index (χ0) is 26.3. The van der Waals surface area contributed by atoms with Crippen LogP contribution in [0.1, 0.15) is 63.5 Å². The average Bonchev–Trinajstić information content (AvgIpc) is 3.29. The minimum Gasteiger partial charge on any atom is -0.218 e. The van der Waals surface area contributed by atoms with Crippen LogP contribution >= 0.6 is 11.3 Å². The summed E-state index contributed by atoms with van der Waals surface area (Å²) in [5.74, 6) is 0. The molecule has 194 valence electrons. The quantitative estimate of drug-likeness (QED) is 0.181. The van der Waals surface area contributed by atoms with Crippen molar-refractivity contribution in [3.05, 3.63) is 83.9 Å². The van der Waals surface area contributed by atoms with Gasteiger partial charge in [0.05, 0.1) is 9.79 Å². The van der Waals surface area contributed by atoms with Crippen molar-refractivity contribution in [2.24, 2.45) is 0 Å². The fourth-order valence-electron chi connectivity index (χ4n) is 6.21. The van der Waals surface area contributed by atoms with E-state index in [1.165, 1.54) is 50.6 Å². The number of benzene rings is 4. The Balaban J connectivity index is 1.85. The Hall–Kier alpha value is -2.95. The van der Waals surface area contributed by atoms with Crippen molar-refractivity contribution in [1.82, 2.24) is 0 Å². The lowest BCUT2D eigenvalue weighted by Gasteiger charge is -2.22. The van der Waals surface area contributed by atoms with Gasteiger partial charge in [-0.05, 0) is 60.6 Å². The first-order valence-electron chi connectivity index (χ1n) is 14.0. The third-order valence-corrected chi connectivity index (χ3v) is 11.1. The van der Waals surface area contributed by atoms with Crippen LogP contribution in [0.4, 0.5) is 0 Å². The second-order valence-corrected chi connectivity index (χ2v) is 13.4. The van der Waals surface area contributed by atoms with E-state index in [0.29, 0.717) is 9.79 Å². The molecular formula is C34H34O2S2. The molecule has 4 aromatic carbocycles. The van der Waals surface area contributed by atoms with Crippen molar-refractivity contribution in [1.29, 1.82) is 0 Å². The summed E-state index contributed by atoms with van der Waals surface area (Å²) in [6.07, 6.45) is 8.97. The number of sulfone groups is 1. The van der Waals surface area contributed by atoms with Crippen molar-refractivity contribution in [2.45, 2.75) is 75.0 Å². The zero-order valence-electron chi connectivity index (χ0n) is 22.2. The van der Waals surface area contributed by atoms with E-state index in [2.05, 4.69) is 38.1 Å². The Bertz CT molecular complexity index is 1760. The van der Waals surface area contributed by atoms with Crippen LogP contribution in [0.3, 0.4) is 0 Å². The first-order valence-corrected chi connectivity index (χ1v) is 16.3. The summed E-state index contributed by atoms with van der Waals surface area (Å²) in [5, 5.41) is 2.46. The minimum atomic E-state index is -3.68. The van der Waals surface area contributed by atoms with Gasteiger partial charge in [0.15, 0.2) is 0 Å². The molecule has 0 amide bonds. The second-order valence-electron chi connectivity index (χ2n) is 10.4. The van der Waals surface area contributed by atoms with Crippen LogP contribution in [-0.2, 0) is 22.7 Å². The predicted octanol–water partition coefficient (Wildman–Crippen LogP) is 10.0. The van der Waals surface area contributed by atoms with E-state index >= 15 is 0 Å². The van der Waals surface area contributed by atoms with Crippen LogP contribution in [0.25, 0.3) is 42.4 Å². The maximum atomic E-state index is 14.2. The average molecular weight is 539 g/mol. The molecule has 1 aromatic heterocycles. The van der Waals surface area contributed by atoms with Gasteiger partial charge in [-0.3, -0.25) is 0 Å². The highest BCUT2D eigenvalue weighted by Crippen LogP contribution is 2.54. The molecule has 0 aliphatic carbocycles. The molecule has 2 nitrogen and oxygen atoms in total. The third-order valence-electron chi connectivity index (χ3n) is 7.99. The maximum absolute atomic E-state index is 14.2. The first-order chi connectivity index (χ1) is 18.6. The molecule has 1 aliphatic rings. The third kappa shape index (κ3) is 4.01. The molecule has 38 heavy (non-hydrogen) atoms. The Labute approximate surface area is 230 Å². The molecule has 0 saturated carbocycles. The fourth-order valence-corrected chi connectivity index (χ4v) is 9.19. The second kappa shape index (κ2) is 10.3. The Morgan fingerprint density at radius 2 is 1.18 bits per heavy atom. The molecule has 6 rings (SSSR count). The van der Waals surface area contributed by atoms with Crippen LogP contribution in [0, 0.1) is 0 Å². The predicted molar refractivity (Wildman–Crippen MR) is 162 cm³/mol. The van der Waals surface area contributed by atoms with Crippen molar-refractivity contribution in [3.8, 4) is 22.3 Å². The maximum Gasteiger partial charge on any atom is 0.207 e. The summed E-state index contributed by atoms with van der Waals surface area (Å²) in [6.45, 7) is 4.50. The molecule has 0 unspecified atom stereocenters. The van der Waals surface area contributed by atoms with E-state index in [0.717, 1.165) is 54.4 Å². The van der Waals surface area contributed by atoms with Gasteiger partial charge in [0.1, 0.15) is 0 Å². The van der Waals surface area contributed by atoms with Crippen LogP contribution in [0.5, 0.6) is 0 Å². The molecule has 0 spiro atoms. The summed E-state index contributed by atoms with van der Waals surface area (Å²) in [7, 11) is -3.68. The number of aryl methyl sites for hydroxylation is 1. The number of thiophene rings is 1. The standard InChI is InChI=1S/C34H34O2S2/c1-3-5-7-15-23-24(16-8-6-4-2)34-33(25-17-9-12-20-28(25)37-34)32-27-19-11-14-22-30(27)38(35,36)29-21-13-10-18-26(29)31(23)32/h9-14,17-22H,3-8,15-16H2,1-2H3. The highest BCUT2D eigenvalue weighted by molar-refractivity contribution is 7.91. The molecule has 0 fully saturated rings. The van der Waals surface area contributed by atoms with E-state index in [1.807, 2.05) is 47.7 Å². The summed E-state index contributed by atoms with van der Waals surface area (Å²) in [4.78, 5) is 0.849. The summed E-state index contributed by atoms with van der Waals surface area (Å²) in [5.41, 5.74) is 6.75. The molecule has 0 saturated heterocycles. The largest absolute Gasteiger partial charge is 0.218 e. The van der Waals surface area contributed by atoms with Gasteiger partial charge in [0.25, 0.3) is 0 Å². The molecule has 0 N–H and O–H groups in total. The minimum absolute atomic E-state index is 0.418. The molecule has 1 aliphatic heterocycles.